The van der Waals surface area contributed by atoms with Crippen molar-refractivity contribution >= 4 is 0 Å². The molecule has 1 radical (unpaired) electrons. The Morgan fingerprint density at radius 2 is 1.90 bits per heavy atom. The van der Waals surface area contributed by atoms with Crippen molar-refractivity contribution in [3.05, 3.63) is 0 Å². The lowest BCUT2D eigenvalue weighted by atomic mass is 9.92. The van der Waals surface area contributed by atoms with Crippen LogP contribution in [0, 0.1) is 0 Å². The number of nitrogens with one attached hydrogen (secondary N) is 1. The van der Waals surface area contributed by atoms with Crippen LogP contribution >= 0.6 is 0 Å². The fourth-order valence-corrected chi connectivity index (χ4v) is 1.82. The van der Waals surface area contributed by atoms with Crippen LogP contribution in [0.2, 0.25) is 0 Å². The molecule has 0 aromatic rings. The summed E-state index contributed by atoms with van der Waals surface area (Å²) in [5, 5.41) is 0. The molecule has 0 unspecified atom stereocenters. The van der Waals surface area contributed by atoms with E-state index in [9.17, 15) is 0 Å². The van der Waals surface area contributed by atoms with Crippen LogP contribution in [-0.4, -0.2) is 5.54 Å². The summed E-state index contributed by atoms with van der Waals surface area (Å²) < 4.78 is 0. The van der Waals surface area contributed by atoms with E-state index in [4.69, 9.17) is 5.73 Å². The van der Waals surface area contributed by atoms with Gasteiger partial charge in [-0.1, -0.05) is 32.6 Å². The Morgan fingerprint density at radius 3 is 2.40 bits per heavy atom. The van der Waals surface area contributed by atoms with Crippen molar-refractivity contribution in [2.45, 2.75) is 57.4 Å². The molecule has 0 heterocycles. The summed E-state index contributed by atoms with van der Waals surface area (Å²) in [6.07, 6.45) is 8.56. The first kappa shape index (κ1) is 8.06. The molecule has 59 valence electrons. The van der Waals surface area contributed by atoms with Gasteiger partial charge in [0, 0.05) is 5.54 Å². The van der Waals surface area contributed by atoms with Crippen molar-refractivity contribution in [1.29, 1.82) is 0 Å². The minimum absolute atomic E-state index is 0.00396. The summed E-state index contributed by atoms with van der Waals surface area (Å²) in [5.74, 6) is 0. The summed E-state index contributed by atoms with van der Waals surface area (Å²) in [6, 6.07) is 0. The standard InChI is InChI=1S/C9H18N/c1-2-3-6-9(10)7-4-5-8-9/h10H,2-8H2,1H3. The SMILES string of the molecule is CCCCC1([NH])CCCC1. The van der Waals surface area contributed by atoms with E-state index < -0.39 is 0 Å². The van der Waals surface area contributed by atoms with Crippen LogP contribution in [0.1, 0.15) is 51.9 Å². The molecule has 0 amide bonds. The summed E-state index contributed by atoms with van der Waals surface area (Å²) in [7, 11) is 0. The summed E-state index contributed by atoms with van der Waals surface area (Å²) in [6.45, 7) is 2.21. The van der Waals surface area contributed by atoms with E-state index in [-0.39, 0.29) is 5.54 Å². The zero-order valence-electron chi connectivity index (χ0n) is 6.95. The molecular formula is C9H18N. The van der Waals surface area contributed by atoms with E-state index in [2.05, 4.69) is 6.92 Å². The van der Waals surface area contributed by atoms with Crippen molar-refractivity contribution in [3.63, 3.8) is 0 Å². The van der Waals surface area contributed by atoms with Gasteiger partial charge in [0.05, 0.1) is 0 Å². The van der Waals surface area contributed by atoms with Crippen molar-refractivity contribution in [3.8, 4) is 0 Å². The molecule has 0 spiro atoms. The molecular weight excluding hydrogens is 122 g/mol. The molecule has 0 atom stereocenters. The van der Waals surface area contributed by atoms with E-state index >= 15 is 0 Å². The first-order chi connectivity index (χ1) is 4.77. The quantitative estimate of drug-likeness (QED) is 0.575. The van der Waals surface area contributed by atoms with Gasteiger partial charge in [-0.15, -0.1) is 0 Å². The second-order valence-corrected chi connectivity index (χ2v) is 3.59. The molecule has 1 N–H and O–H groups in total. The van der Waals surface area contributed by atoms with Crippen LogP contribution in [0.4, 0.5) is 0 Å². The normalized spacial score (nSPS) is 23.4. The minimum Gasteiger partial charge on any atom is -0.251 e. The maximum atomic E-state index is 7.98. The molecule has 1 saturated carbocycles. The Kier molecular flexibility index (Phi) is 2.72. The molecule has 1 nitrogen and oxygen atoms in total. The first-order valence-electron chi connectivity index (χ1n) is 4.52. The van der Waals surface area contributed by atoms with Gasteiger partial charge in [-0.05, 0) is 19.3 Å². The highest BCUT2D eigenvalue weighted by atomic mass is 14.7. The zero-order chi connectivity index (χ0) is 7.45. The zero-order valence-corrected chi connectivity index (χ0v) is 6.95. The fraction of sp³-hybridized carbons (Fsp3) is 1.00. The summed E-state index contributed by atoms with van der Waals surface area (Å²) >= 11 is 0. The first-order valence-corrected chi connectivity index (χ1v) is 4.52. The number of unbranched alkanes of at least 4 members (excludes halogenated alkanes) is 1. The topological polar surface area (TPSA) is 23.8 Å². The predicted molar refractivity (Wildman–Crippen MR) is 43.8 cm³/mol. The molecule has 1 fully saturated rings. The van der Waals surface area contributed by atoms with Crippen LogP contribution < -0.4 is 5.73 Å². The number of hydrogen-bond acceptors (Lipinski definition) is 0. The minimum atomic E-state index is -0.00396. The molecule has 1 heteroatoms. The van der Waals surface area contributed by atoms with Gasteiger partial charge < -0.3 is 0 Å². The van der Waals surface area contributed by atoms with Crippen LogP contribution in [-0.2, 0) is 0 Å². The van der Waals surface area contributed by atoms with E-state index in [1.165, 1.54) is 25.7 Å². The largest absolute Gasteiger partial charge is 0.251 e. The van der Waals surface area contributed by atoms with Crippen molar-refractivity contribution in [2.24, 2.45) is 0 Å². The lowest BCUT2D eigenvalue weighted by Gasteiger charge is -2.21. The third-order valence-corrected chi connectivity index (χ3v) is 2.57. The van der Waals surface area contributed by atoms with Gasteiger partial charge in [0.1, 0.15) is 0 Å². The molecule has 1 rings (SSSR count). The maximum Gasteiger partial charge on any atom is 0.0324 e. The van der Waals surface area contributed by atoms with Gasteiger partial charge in [0.15, 0.2) is 0 Å². The molecule has 0 bridgehead atoms. The average Bonchev–Trinajstić information content (AvgIpc) is 2.33. The van der Waals surface area contributed by atoms with E-state index in [1.807, 2.05) is 0 Å². The number of rotatable bonds is 3. The molecule has 1 aliphatic carbocycles. The molecule has 0 saturated heterocycles. The molecule has 0 aromatic carbocycles. The fourth-order valence-electron chi connectivity index (χ4n) is 1.82. The second-order valence-electron chi connectivity index (χ2n) is 3.59. The Bertz CT molecular complexity index is 92.9. The third kappa shape index (κ3) is 1.98. The highest BCUT2D eigenvalue weighted by Crippen LogP contribution is 2.32. The molecule has 0 aromatic heterocycles. The van der Waals surface area contributed by atoms with Gasteiger partial charge in [-0.3, -0.25) is 5.73 Å². The molecule has 10 heavy (non-hydrogen) atoms. The Morgan fingerprint density at radius 1 is 1.30 bits per heavy atom. The lowest BCUT2D eigenvalue weighted by Crippen LogP contribution is -2.25. The van der Waals surface area contributed by atoms with Crippen molar-refractivity contribution in [2.75, 3.05) is 0 Å². The Labute approximate surface area is 64.0 Å². The van der Waals surface area contributed by atoms with Crippen molar-refractivity contribution < 1.29 is 0 Å². The highest BCUT2D eigenvalue weighted by Gasteiger charge is 2.28. The van der Waals surface area contributed by atoms with Crippen LogP contribution in [0.3, 0.4) is 0 Å². The number of hydrogen-bond donors (Lipinski definition) is 0. The van der Waals surface area contributed by atoms with Crippen LogP contribution in [0.5, 0.6) is 0 Å². The predicted octanol–water partition coefficient (Wildman–Crippen LogP) is 2.77. The summed E-state index contributed by atoms with van der Waals surface area (Å²) in [4.78, 5) is 0. The van der Waals surface area contributed by atoms with E-state index in [1.54, 1.807) is 0 Å². The molecule has 0 aliphatic heterocycles. The maximum absolute atomic E-state index is 7.98. The summed E-state index contributed by atoms with van der Waals surface area (Å²) in [5.41, 5.74) is 7.98. The van der Waals surface area contributed by atoms with Gasteiger partial charge >= 0.3 is 0 Å². The van der Waals surface area contributed by atoms with E-state index in [0.717, 1.165) is 19.3 Å². The van der Waals surface area contributed by atoms with Gasteiger partial charge in [0.2, 0.25) is 0 Å². The third-order valence-electron chi connectivity index (χ3n) is 2.57. The second kappa shape index (κ2) is 3.38. The average molecular weight is 140 g/mol. The van der Waals surface area contributed by atoms with E-state index in [0.29, 0.717) is 0 Å². The smallest absolute Gasteiger partial charge is 0.0324 e. The monoisotopic (exact) mass is 140 g/mol. The lowest BCUT2D eigenvalue weighted by molar-refractivity contribution is 0.377. The van der Waals surface area contributed by atoms with Gasteiger partial charge in [-0.25, -0.2) is 0 Å². The molecule has 1 aliphatic rings. The van der Waals surface area contributed by atoms with Crippen LogP contribution in [0.25, 0.3) is 0 Å². The Hall–Kier alpha value is -0.0400. The van der Waals surface area contributed by atoms with Gasteiger partial charge in [-0.2, -0.15) is 0 Å². The Balaban J connectivity index is 2.22. The van der Waals surface area contributed by atoms with Crippen molar-refractivity contribution in [1.82, 2.24) is 5.73 Å². The van der Waals surface area contributed by atoms with Crippen LogP contribution in [0.15, 0.2) is 0 Å². The van der Waals surface area contributed by atoms with Gasteiger partial charge in [0.25, 0.3) is 0 Å². The highest BCUT2D eigenvalue weighted by molar-refractivity contribution is 4.87.